The SMILES string of the molecule is CCCN(C)c1cnn(CCCC(=O)NN)c(=O)c1. The molecule has 1 aromatic rings. The monoisotopic (exact) mass is 267 g/mol. The van der Waals surface area contributed by atoms with E-state index in [1.807, 2.05) is 11.9 Å². The quantitative estimate of drug-likeness (QED) is 0.407. The summed E-state index contributed by atoms with van der Waals surface area (Å²) in [6.45, 7) is 3.36. The van der Waals surface area contributed by atoms with E-state index in [-0.39, 0.29) is 17.9 Å². The molecular weight excluding hydrogens is 246 g/mol. The van der Waals surface area contributed by atoms with Crippen LogP contribution in [0.5, 0.6) is 0 Å². The van der Waals surface area contributed by atoms with Crippen molar-refractivity contribution >= 4 is 11.6 Å². The van der Waals surface area contributed by atoms with Crippen molar-refractivity contribution in [1.82, 2.24) is 15.2 Å². The van der Waals surface area contributed by atoms with Gasteiger partial charge in [0.1, 0.15) is 0 Å². The van der Waals surface area contributed by atoms with Gasteiger partial charge in [0.25, 0.3) is 5.56 Å². The fraction of sp³-hybridized carbons (Fsp3) is 0.583. The molecule has 0 aliphatic heterocycles. The van der Waals surface area contributed by atoms with Gasteiger partial charge >= 0.3 is 0 Å². The molecule has 0 aliphatic rings. The fourth-order valence-electron chi connectivity index (χ4n) is 1.73. The molecular formula is C12H21N5O2. The van der Waals surface area contributed by atoms with Gasteiger partial charge in [-0.3, -0.25) is 15.0 Å². The van der Waals surface area contributed by atoms with Crippen LogP contribution in [0.1, 0.15) is 26.2 Å². The van der Waals surface area contributed by atoms with E-state index in [9.17, 15) is 9.59 Å². The molecule has 7 heteroatoms. The summed E-state index contributed by atoms with van der Waals surface area (Å²) in [5.74, 6) is 4.73. The highest BCUT2D eigenvalue weighted by molar-refractivity contribution is 5.75. The molecule has 0 saturated carbocycles. The highest BCUT2D eigenvalue weighted by Gasteiger charge is 2.05. The lowest BCUT2D eigenvalue weighted by Crippen LogP contribution is -2.30. The molecule has 0 spiro atoms. The van der Waals surface area contributed by atoms with E-state index in [1.165, 1.54) is 4.68 Å². The normalized spacial score (nSPS) is 10.3. The Morgan fingerprint density at radius 2 is 2.32 bits per heavy atom. The number of hydrazine groups is 1. The van der Waals surface area contributed by atoms with Crippen molar-refractivity contribution in [3.63, 3.8) is 0 Å². The lowest BCUT2D eigenvalue weighted by molar-refractivity contribution is -0.121. The van der Waals surface area contributed by atoms with Crippen molar-refractivity contribution < 1.29 is 4.79 Å². The second-order valence-electron chi connectivity index (χ2n) is 4.37. The molecule has 1 amide bonds. The maximum absolute atomic E-state index is 11.8. The molecule has 19 heavy (non-hydrogen) atoms. The molecule has 3 N–H and O–H groups in total. The molecule has 1 heterocycles. The van der Waals surface area contributed by atoms with E-state index >= 15 is 0 Å². The van der Waals surface area contributed by atoms with Crippen LogP contribution in [0, 0.1) is 0 Å². The first kappa shape index (κ1) is 15.2. The van der Waals surface area contributed by atoms with Crippen LogP contribution < -0.4 is 21.7 Å². The third-order valence-corrected chi connectivity index (χ3v) is 2.79. The molecule has 0 aliphatic carbocycles. The van der Waals surface area contributed by atoms with E-state index in [0.29, 0.717) is 13.0 Å². The standard InChI is InChI=1S/C12H21N5O2/c1-3-6-16(2)10-8-12(19)17(14-9-10)7-4-5-11(18)15-13/h8-9H,3-7,13H2,1-2H3,(H,15,18). The fourth-order valence-corrected chi connectivity index (χ4v) is 1.73. The number of amides is 1. The molecule has 0 fully saturated rings. The third-order valence-electron chi connectivity index (χ3n) is 2.79. The Morgan fingerprint density at radius 3 is 2.89 bits per heavy atom. The molecule has 106 valence electrons. The van der Waals surface area contributed by atoms with Gasteiger partial charge in [-0.15, -0.1) is 0 Å². The summed E-state index contributed by atoms with van der Waals surface area (Å²) in [6.07, 6.45) is 3.48. The molecule has 0 radical (unpaired) electrons. The zero-order valence-corrected chi connectivity index (χ0v) is 11.4. The minimum atomic E-state index is -0.243. The molecule has 0 bridgehead atoms. The lowest BCUT2D eigenvalue weighted by Gasteiger charge is -2.17. The highest BCUT2D eigenvalue weighted by atomic mass is 16.2. The number of rotatable bonds is 7. The summed E-state index contributed by atoms with van der Waals surface area (Å²) in [7, 11) is 1.93. The summed E-state index contributed by atoms with van der Waals surface area (Å²) in [5, 5.41) is 4.10. The van der Waals surface area contributed by atoms with Crippen LogP contribution >= 0.6 is 0 Å². The van der Waals surface area contributed by atoms with Crippen molar-refractivity contribution in [2.75, 3.05) is 18.5 Å². The Kier molecular flexibility index (Phi) is 6.01. The number of anilines is 1. The molecule has 0 aromatic carbocycles. The number of carbonyl (C=O) groups is 1. The van der Waals surface area contributed by atoms with E-state index < -0.39 is 0 Å². The summed E-state index contributed by atoms with van der Waals surface area (Å²) in [4.78, 5) is 24.8. The second-order valence-corrected chi connectivity index (χ2v) is 4.37. The second kappa shape index (κ2) is 7.52. The van der Waals surface area contributed by atoms with Gasteiger partial charge in [0.15, 0.2) is 0 Å². The van der Waals surface area contributed by atoms with Crippen LogP contribution in [0.3, 0.4) is 0 Å². The average Bonchev–Trinajstić information content (AvgIpc) is 2.40. The Hall–Kier alpha value is -1.89. The number of nitrogens with zero attached hydrogens (tertiary/aromatic N) is 3. The number of nitrogens with one attached hydrogen (secondary N) is 1. The zero-order chi connectivity index (χ0) is 14.3. The van der Waals surface area contributed by atoms with Gasteiger partial charge in [-0.05, 0) is 12.8 Å². The molecule has 0 atom stereocenters. The van der Waals surface area contributed by atoms with E-state index in [2.05, 4.69) is 17.4 Å². The average molecular weight is 267 g/mol. The van der Waals surface area contributed by atoms with E-state index in [1.54, 1.807) is 12.3 Å². The van der Waals surface area contributed by atoms with Crippen LogP contribution in [-0.4, -0.2) is 29.3 Å². The minimum absolute atomic E-state index is 0.159. The van der Waals surface area contributed by atoms with E-state index in [4.69, 9.17) is 5.84 Å². The number of hydrogen-bond acceptors (Lipinski definition) is 5. The molecule has 0 saturated heterocycles. The van der Waals surface area contributed by atoms with Gasteiger partial charge in [-0.25, -0.2) is 10.5 Å². The smallest absolute Gasteiger partial charge is 0.268 e. The molecule has 0 unspecified atom stereocenters. The van der Waals surface area contributed by atoms with E-state index in [0.717, 1.165) is 18.7 Å². The van der Waals surface area contributed by atoms with Crippen molar-refractivity contribution in [2.24, 2.45) is 5.84 Å². The van der Waals surface area contributed by atoms with Gasteiger partial charge in [0, 0.05) is 32.6 Å². The Balaban J connectivity index is 2.62. The summed E-state index contributed by atoms with van der Waals surface area (Å²) in [5.41, 5.74) is 2.70. The van der Waals surface area contributed by atoms with Crippen LogP contribution in [0.4, 0.5) is 5.69 Å². The number of hydrogen-bond donors (Lipinski definition) is 2. The number of nitrogens with two attached hydrogens (primary N) is 1. The highest BCUT2D eigenvalue weighted by Crippen LogP contribution is 2.07. The largest absolute Gasteiger partial charge is 0.373 e. The van der Waals surface area contributed by atoms with Crippen molar-refractivity contribution in [2.45, 2.75) is 32.7 Å². The van der Waals surface area contributed by atoms with Crippen molar-refractivity contribution in [3.05, 3.63) is 22.6 Å². The first-order chi connectivity index (χ1) is 9.08. The third kappa shape index (κ3) is 4.70. The number of carbonyl (C=O) groups excluding carboxylic acids is 1. The topological polar surface area (TPSA) is 93.2 Å². The maximum atomic E-state index is 11.8. The van der Waals surface area contributed by atoms with Crippen LogP contribution in [-0.2, 0) is 11.3 Å². The predicted octanol–water partition coefficient (Wildman–Crippen LogP) is -0.140. The Bertz CT molecular complexity index is 471. The Morgan fingerprint density at radius 1 is 1.58 bits per heavy atom. The number of aryl methyl sites for hydroxylation is 1. The zero-order valence-electron chi connectivity index (χ0n) is 11.4. The summed E-state index contributed by atoms with van der Waals surface area (Å²) < 4.78 is 1.35. The van der Waals surface area contributed by atoms with Crippen LogP contribution in [0.25, 0.3) is 0 Å². The van der Waals surface area contributed by atoms with Gasteiger partial charge in [-0.2, -0.15) is 5.10 Å². The molecule has 1 rings (SSSR count). The van der Waals surface area contributed by atoms with Crippen LogP contribution in [0.15, 0.2) is 17.1 Å². The summed E-state index contributed by atoms with van der Waals surface area (Å²) in [6, 6.07) is 1.56. The van der Waals surface area contributed by atoms with Gasteiger partial charge < -0.3 is 4.90 Å². The number of aromatic nitrogens is 2. The van der Waals surface area contributed by atoms with Crippen molar-refractivity contribution in [1.29, 1.82) is 0 Å². The predicted molar refractivity (Wildman–Crippen MR) is 73.6 cm³/mol. The lowest BCUT2D eigenvalue weighted by atomic mass is 10.3. The molecule has 1 aromatic heterocycles. The van der Waals surface area contributed by atoms with Gasteiger partial charge in [0.05, 0.1) is 11.9 Å². The Labute approximate surface area is 112 Å². The first-order valence-corrected chi connectivity index (χ1v) is 6.36. The molecule has 7 nitrogen and oxygen atoms in total. The summed E-state index contributed by atoms with van der Waals surface area (Å²) >= 11 is 0. The van der Waals surface area contributed by atoms with Gasteiger partial charge in [0.2, 0.25) is 5.91 Å². The van der Waals surface area contributed by atoms with Crippen LogP contribution in [0.2, 0.25) is 0 Å². The minimum Gasteiger partial charge on any atom is -0.373 e. The van der Waals surface area contributed by atoms with Gasteiger partial charge in [-0.1, -0.05) is 6.92 Å². The maximum Gasteiger partial charge on any atom is 0.268 e. The van der Waals surface area contributed by atoms with Crippen molar-refractivity contribution in [3.8, 4) is 0 Å². The first-order valence-electron chi connectivity index (χ1n) is 6.36.